The molecule has 7 heteroatoms. The maximum Gasteiger partial charge on any atom is 0.191 e. The van der Waals surface area contributed by atoms with Crippen LogP contribution in [0.5, 0.6) is 0 Å². The lowest BCUT2D eigenvalue weighted by Crippen LogP contribution is -2.38. The van der Waals surface area contributed by atoms with Crippen molar-refractivity contribution in [1.82, 2.24) is 20.4 Å². The van der Waals surface area contributed by atoms with E-state index in [1.807, 2.05) is 6.92 Å². The highest BCUT2D eigenvalue weighted by atomic mass is 127. The Labute approximate surface area is 193 Å². The summed E-state index contributed by atoms with van der Waals surface area (Å²) in [6.07, 6.45) is 3.25. The van der Waals surface area contributed by atoms with Gasteiger partial charge in [0.1, 0.15) is 0 Å². The second kappa shape index (κ2) is 14.3. The maximum absolute atomic E-state index is 4.69. The van der Waals surface area contributed by atoms with Crippen molar-refractivity contribution in [3.63, 3.8) is 0 Å². The van der Waals surface area contributed by atoms with E-state index >= 15 is 0 Å². The zero-order valence-electron chi connectivity index (χ0n) is 18.3. The summed E-state index contributed by atoms with van der Waals surface area (Å²) in [5.74, 6) is 0.910. The number of aryl methyl sites for hydroxylation is 3. The fraction of sp³-hybridized carbons (Fsp3) is 0.545. The van der Waals surface area contributed by atoms with Crippen molar-refractivity contribution in [1.29, 1.82) is 0 Å². The number of rotatable bonds is 11. The minimum absolute atomic E-state index is 0. The molecule has 29 heavy (non-hydrogen) atoms. The predicted octanol–water partition coefficient (Wildman–Crippen LogP) is 3.98. The Hall–Kier alpha value is -1.77. The summed E-state index contributed by atoms with van der Waals surface area (Å²) >= 11 is 0. The van der Waals surface area contributed by atoms with Gasteiger partial charge in [-0.3, -0.25) is 9.67 Å². The number of guanidine groups is 1. The van der Waals surface area contributed by atoms with Crippen LogP contribution in [0, 0.1) is 13.8 Å². The molecule has 0 aliphatic heterocycles. The average molecular weight is 512 g/mol. The normalized spacial score (nSPS) is 11.1. The topological polar surface area (TPSA) is 57.5 Å². The third-order valence-corrected chi connectivity index (χ3v) is 4.66. The number of unbranched alkanes of at least 4 members (excludes halogenated alkanes) is 1. The van der Waals surface area contributed by atoms with E-state index < -0.39 is 0 Å². The summed E-state index contributed by atoms with van der Waals surface area (Å²) in [5.41, 5.74) is 3.56. The first-order chi connectivity index (χ1) is 13.6. The van der Waals surface area contributed by atoms with Crippen molar-refractivity contribution in [2.24, 2.45) is 4.99 Å². The molecule has 0 bridgehead atoms. The third kappa shape index (κ3) is 9.51. The summed E-state index contributed by atoms with van der Waals surface area (Å²) in [6, 6.07) is 12.6. The van der Waals surface area contributed by atoms with Gasteiger partial charge in [-0.1, -0.05) is 18.2 Å². The van der Waals surface area contributed by atoms with Crippen molar-refractivity contribution in [3.8, 4) is 0 Å². The number of hydrogen-bond acceptors (Lipinski definition) is 3. The fourth-order valence-corrected chi connectivity index (χ4v) is 3.15. The predicted molar refractivity (Wildman–Crippen MR) is 135 cm³/mol. The zero-order chi connectivity index (χ0) is 20.2. The van der Waals surface area contributed by atoms with Gasteiger partial charge in [-0.25, -0.2) is 0 Å². The highest BCUT2D eigenvalue weighted by molar-refractivity contribution is 14.0. The van der Waals surface area contributed by atoms with E-state index in [1.54, 1.807) is 0 Å². The number of nitrogens with one attached hydrogen (secondary N) is 2. The molecule has 2 rings (SSSR count). The molecule has 0 aliphatic rings. The minimum atomic E-state index is 0. The van der Waals surface area contributed by atoms with E-state index in [0.29, 0.717) is 0 Å². The lowest BCUT2D eigenvalue weighted by Gasteiger charge is -2.19. The second-order valence-corrected chi connectivity index (χ2v) is 7.16. The molecular weight excluding hydrogens is 475 g/mol. The van der Waals surface area contributed by atoms with E-state index in [0.717, 1.165) is 63.6 Å². The van der Waals surface area contributed by atoms with Gasteiger partial charge in [0.25, 0.3) is 0 Å². The molecular formula is C22H37IN6. The molecule has 0 unspecified atom stereocenters. The lowest BCUT2D eigenvalue weighted by atomic mass is 10.2. The minimum Gasteiger partial charge on any atom is -0.375 e. The van der Waals surface area contributed by atoms with Crippen LogP contribution in [0.2, 0.25) is 0 Å². The van der Waals surface area contributed by atoms with E-state index in [2.05, 4.69) is 87.6 Å². The lowest BCUT2D eigenvalue weighted by molar-refractivity contribution is 0.566. The molecule has 2 aromatic rings. The maximum atomic E-state index is 4.69. The van der Waals surface area contributed by atoms with Crippen LogP contribution in [-0.2, 0) is 6.54 Å². The Morgan fingerprint density at radius 1 is 1.10 bits per heavy atom. The molecule has 0 spiro atoms. The van der Waals surface area contributed by atoms with Gasteiger partial charge in [0.05, 0.1) is 5.69 Å². The second-order valence-electron chi connectivity index (χ2n) is 7.16. The van der Waals surface area contributed by atoms with Gasteiger partial charge in [0.2, 0.25) is 0 Å². The van der Waals surface area contributed by atoms with Crippen LogP contribution in [0.25, 0.3) is 0 Å². The quantitative estimate of drug-likeness (QED) is 0.207. The first-order valence-corrected chi connectivity index (χ1v) is 10.4. The number of aliphatic imine (C=N–C) groups is 1. The Bertz CT molecular complexity index is 713. The molecule has 0 aliphatic carbocycles. The van der Waals surface area contributed by atoms with E-state index in [1.165, 1.54) is 11.4 Å². The summed E-state index contributed by atoms with van der Waals surface area (Å²) < 4.78 is 2.06. The number of para-hydroxylation sites is 1. The van der Waals surface area contributed by atoms with Gasteiger partial charge in [0, 0.05) is 51.2 Å². The van der Waals surface area contributed by atoms with Crippen molar-refractivity contribution in [3.05, 3.63) is 47.8 Å². The molecule has 2 N–H and O–H groups in total. The highest BCUT2D eigenvalue weighted by Gasteiger charge is 2.02. The van der Waals surface area contributed by atoms with E-state index in [4.69, 9.17) is 0 Å². The van der Waals surface area contributed by atoms with Crippen molar-refractivity contribution >= 4 is 35.6 Å². The summed E-state index contributed by atoms with van der Waals surface area (Å²) in [6.45, 7) is 10.8. The molecule has 0 atom stereocenters. The number of aromatic nitrogens is 2. The molecule has 6 nitrogen and oxygen atoms in total. The van der Waals surface area contributed by atoms with Crippen LogP contribution in [0.3, 0.4) is 0 Å². The molecule has 1 heterocycles. The monoisotopic (exact) mass is 512 g/mol. The number of benzene rings is 1. The standard InChI is InChI=1S/C22H36N6.HI/c1-5-23-22(25-15-11-17-28-20(3)18-19(2)26-28)24-14-9-10-16-27(4)21-12-7-6-8-13-21;/h6-8,12-13,18H,5,9-11,14-17H2,1-4H3,(H2,23,24,25);1H. The molecule has 0 saturated carbocycles. The van der Waals surface area contributed by atoms with Crippen LogP contribution in [-0.4, -0.2) is 49.0 Å². The number of nitrogens with zero attached hydrogens (tertiary/aromatic N) is 4. The zero-order valence-corrected chi connectivity index (χ0v) is 20.6. The van der Waals surface area contributed by atoms with Crippen LogP contribution in [0.1, 0.15) is 37.6 Å². The van der Waals surface area contributed by atoms with Crippen LogP contribution < -0.4 is 15.5 Å². The first-order valence-electron chi connectivity index (χ1n) is 10.4. The van der Waals surface area contributed by atoms with Gasteiger partial charge in [0.15, 0.2) is 5.96 Å². The van der Waals surface area contributed by atoms with Gasteiger partial charge < -0.3 is 15.5 Å². The van der Waals surface area contributed by atoms with Gasteiger partial charge in [-0.15, -0.1) is 24.0 Å². The number of halogens is 1. The largest absolute Gasteiger partial charge is 0.375 e. The molecule has 1 aromatic heterocycles. The SMILES string of the molecule is CCNC(=NCCCn1nc(C)cc1C)NCCCCN(C)c1ccccc1.I. The van der Waals surface area contributed by atoms with Gasteiger partial charge in [-0.2, -0.15) is 5.10 Å². The number of hydrogen-bond donors (Lipinski definition) is 2. The molecule has 1 aromatic carbocycles. The van der Waals surface area contributed by atoms with Gasteiger partial charge >= 0.3 is 0 Å². The Morgan fingerprint density at radius 2 is 1.86 bits per heavy atom. The summed E-state index contributed by atoms with van der Waals surface area (Å²) in [5, 5.41) is 11.3. The molecule has 0 amide bonds. The van der Waals surface area contributed by atoms with Crippen LogP contribution >= 0.6 is 24.0 Å². The molecule has 0 saturated heterocycles. The Kier molecular flexibility index (Phi) is 12.4. The molecule has 162 valence electrons. The van der Waals surface area contributed by atoms with E-state index in [9.17, 15) is 0 Å². The van der Waals surface area contributed by atoms with Crippen LogP contribution in [0.4, 0.5) is 5.69 Å². The first kappa shape index (κ1) is 25.3. The Morgan fingerprint density at radius 3 is 2.52 bits per heavy atom. The number of anilines is 1. The fourth-order valence-electron chi connectivity index (χ4n) is 3.15. The Balaban J connectivity index is 0.00000420. The van der Waals surface area contributed by atoms with Gasteiger partial charge in [-0.05, 0) is 58.2 Å². The van der Waals surface area contributed by atoms with Crippen molar-refractivity contribution < 1.29 is 0 Å². The molecule has 0 fully saturated rings. The van der Waals surface area contributed by atoms with Crippen LogP contribution in [0.15, 0.2) is 41.4 Å². The van der Waals surface area contributed by atoms with Crippen molar-refractivity contribution in [2.45, 2.75) is 46.6 Å². The summed E-state index contributed by atoms with van der Waals surface area (Å²) in [4.78, 5) is 6.99. The summed E-state index contributed by atoms with van der Waals surface area (Å²) in [7, 11) is 2.15. The average Bonchev–Trinajstić information content (AvgIpc) is 3.02. The third-order valence-electron chi connectivity index (χ3n) is 4.66. The van der Waals surface area contributed by atoms with E-state index in [-0.39, 0.29) is 24.0 Å². The van der Waals surface area contributed by atoms with Crippen molar-refractivity contribution in [2.75, 3.05) is 38.1 Å². The smallest absolute Gasteiger partial charge is 0.191 e. The highest BCUT2D eigenvalue weighted by Crippen LogP contribution is 2.11. The molecule has 0 radical (unpaired) electrons.